The van der Waals surface area contributed by atoms with E-state index in [1.807, 2.05) is 6.92 Å². The van der Waals surface area contributed by atoms with Crippen LogP contribution >= 0.6 is 0 Å². The lowest BCUT2D eigenvalue weighted by atomic mass is 9.93. The molecular weight excluding hydrogens is 254 g/mol. The highest BCUT2D eigenvalue weighted by Gasteiger charge is 2.27. The van der Waals surface area contributed by atoms with Gasteiger partial charge in [0.25, 0.3) is 0 Å². The number of carbonyl (C=O) groups is 1. The Kier molecular flexibility index (Phi) is 4.57. The first kappa shape index (κ1) is 14.8. The molecule has 0 atom stereocenters. The first-order chi connectivity index (χ1) is 9.56. The van der Waals surface area contributed by atoms with Gasteiger partial charge in [-0.3, -0.25) is 0 Å². The Morgan fingerprint density at radius 2 is 1.90 bits per heavy atom. The number of aromatic nitrogens is 2. The maximum absolute atomic E-state index is 11.6. The molecule has 2 rings (SSSR count). The second kappa shape index (κ2) is 6.20. The molecule has 0 aromatic carbocycles. The van der Waals surface area contributed by atoms with Crippen molar-refractivity contribution in [2.75, 3.05) is 11.4 Å². The molecule has 1 fully saturated rings. The molecule has 5 heteroatoms. The Bertz CT molecular complexity index is 496. The number of aromatic carboxylic acids is 1. The number of carboxylic acid groups (broad SMARTS) is 1. The van der Waals surface area contributed by atoms with E-state index < -0.39 is 5.97 Å². The van der Waals surface area contributed by atoms with E-state index in [1.54, 1.807) is 6.92 Å². The van der Waals surface area contributed by atoms with E-state index in [1.165, 1.54) is 19.3 Å². The Hall–Kier alpha value is -1.65. The largest absolute Gasteiger partial charge is 0.478 e. The molecule has 0 radical (unpaired) electrons. The smallest absolute Gasteiger partial charge is 0.339 e. The van der Waals surface area contributed by atoms with Gasteiger partial charge >= 0.3 is 5.97 Å². The molecule has 1 aliphatic carbocycles. The highest BCUT2D eigenvalue weighted by atomic mass is 16.4. The van der Waals surface area contributed by atoms with Gasteiger partial charge in [-0.2, -0.15) is 5.10 Å². The van der Waals surface area contributed by atoms with Crippen molar-refractivity contribution in [2.24, 2.45) is 0 Å². The molecule has 0 saturated heterocycles. The summed E-state index contributed by atoms with van der Waals surface area (Å²) in [5.74, 6) is -0.375. The predicted octanol–water partition coefficient (Wildman–Crippen LogP) is 2.95. The number of rotatable bonds is 4. The van der Waals surface area contributed by atoms with Crippen LogP contribution in [0.1, 0.15) is 60.6 Å². The maximum Gasteiger partial charge on any atom is 0.339 e. The summed E-state index contributed by atoms with van der Waals surface area (Å²) in [6.45, 7) is 6.43. The summed E-state index contributed by atoms with van der Waals surface area (Å²) in [6, 6.07) is 0.392. The molecule has 1 N–H and O–H groups in total. The summed E-state index contributed by atoms with van der Waals surface area (Å²) >= 11 is 0. The Labute approximate surface area is 120 Å². The Morgan fingerprint density at radius 1 is 1.25 bits per heavy atom. The number of hydrogen-bond acceptors (Lipinski definition) is 4. The van der Waals surface area contributed by atoms with Crippen LogP contribution in [0.4, 0.5) is 5.82 Å². The van der Waals surface area contributed by atoms with Gasteiger partial charge in [-0.15, -0.1) is 5.10 Å². The molecular formula is C15H23N3O2. The molecule has 1 aromatic rings. The molecule has 1 heterocycles. The molecule has 0 amide bonds. The minimum atomic E-state index is -0.912. The van der Waals surface area contributed by atoms with E-state index in [2.05, 4.69) is 22.0 Å². The summed E-state index contributed by atoms with van der Waals surface area (Å²) < 4.78 is 0. The summed E-state index contributed by atoms with van der Waals surface area (Å²) in [4.78, 5) is 13.7. The molecule has 20 heavy (non-hydrogen) atoms. The molecule has 5 nitrogen and oxygen atoms in total. The van der Waals surface area contributed by atoms with Crippen LogP contribution in [0.15, 0.2) is 0 Å². The second-order valence-corrected chi connectivity index (χ2v) is 5.49. The predicted molar refractivity (Wildman–Crippen MR) is 78.4 cm³/mol. The SMILES string of the molecule is CCN(c1nnc(C)c(C)c1C(=O)O)C1CCCCC1. The molecule has 110 valence electrons. The van der Waals surface area contributed by atoms with Crippen molar-refractivity contribution >= 4 is 11.8 Å². The summed E-state index contributed by atoms with van der Waals surface area (Å²) in [6.07, 6.45) is 5.92. The van der Waals surface area contributed by atoms with Gasteiger partial charge in [-0.25, -0.2) is 4.79 Å². The molecule has 0 bridgehead atoms. The molecule has 1 aromatic heterocycles. The van der Waals surface area contributed by atoms with Crippen molar-refractivity contribution in [1.82, 2.24) is 10.2 Å². The highest BCUT2D eigenvalue weighted by Crippen LogP contribution is 2.29. The third-order valence-corrected chi connectivity index (χ3v) is 4.28. The van der Waals surface area contributed by atoms with Crippen molar-refractivity contribution < 1.29 is 9.90 Å². The van der Waals surface area contributed by atoms with Gasteiger partial charge in [-0.1, -0.05) is 19.3 Å². The number of nitrogens with zero attached hydrogens (tertiary/aromatic N) is 3. The van der Waals surface area contributed by atoms with Gasteiger partial charge in [0.2, 0.25) is 0 Å². The average molecular weight is 277 g/mol. The van der Waals surface area contributed by atoms with Crippen LogP contribution in [0.3, 0.4) is 0 Å². The number of anilines is 1. The van der Waals surface area contributed by atoms with Crippen molar-refractivity contribution in [2.45, 2.75) is 58.9 Å². The van der Waals surface area contributed by atoms with E-state index in [-0.39, 0.29) is 0 Å². The van der Waals surface area contributed by atoms with E-state index in [4.69, 9.17) is 0 Å². The Balaban J connectivity index is 2.43. The van der Waals surface area contributed by atoms with E-state index in [0.29, 0.717) is 23.1 Å². The zero-order valence-electron chi connectivity index (χ0n) is 12.5. The first-order valence-corrected chi connectivity index (χ1v) is 7.40. The number of hydrogen-bond donors (Lipinski definition) is 1. The van der Waals surface area contributed by atoms with Crippen molar-refractivity contribution in [3.8, 4) is 0 Å². The molecule has 0 aliphatic heterocycles. The molecule has 1 aliphatic rings. The lowest BCUT2D eigenvalue weighted by Gasteiger charge is -2.35. The topological polar surface area (TPSA) is 66.3 Å². The maximum atomic E-state index is 11.6. The van der Waals surface area contributed by atoms with Gasteiger partial charge in [0.1, 0.15) is 5.56 Å². The number of carboxylic acids is 1. The standard InChI is InChI=1S/C15H23N3O2/c1-4-18(12-8-6-5-7-9-12)14-13(15(19)20)10(2)11(3)16-17-14/h12H,4-9H2,1-3H3,(H,19,20). The van der Waals surface area contributed by atoms with Crippen LogP contribution in [-0.4, -0.2) is 33.9 Å². The van der Waals surface area contributed by atoms with Crippen LogP contribution in [0.25, 0.3) is 0 Å². The van der Waals surface area contributed by atoms with Gasteiger partial charge in [-0.05, 0) is 39.2 Å². The zero-order chi connectivity index (χ0) is 14.7. The average Bonchev–Trinajstić information content (AvgIpc) is 2.44. The first-order valence-electron chi connectivity index (χ1n) is 7.40. The molecule has 1 saturated carbocycles. The van der Waals surface area contributed by atoms with Crippen LogP contribution in [0.5, 0.6) is 0 Å². The lowest BCUT2D eigenvalue weighted by Crippen LogP contribution is -2.38. The molecule has 0 unspecified atom stereocenters. The third kappa shape index (κ3) is 2.76. The lowest BCUT2D eigenvalue weighted by molar-refractivity contribution is 0.0696. The van der Waals surface area contributed by atoms with Gasteiger partial charge in [0.05, 0.1) is 5.69 Å². The van der Waals surface area contributed by atoms with Crippen molar-refractivity contribution in [3.63, 3.8) is 0 Å². The fourth-order valence-corrected chi connectivity index (χ4v) is 3.03. The van der Waals surface area contributed by atoms with Crippen LogP contribution in [-0.2, 0) is 0 Å². The minimum absolute atomic E-state index is 0.310. The van der Waals surface area contributed by atoms with Gasteiger partial charge in [0, 0.05) is 12.6 Å². The highest BCUT2D eigenvalue weighted by molar-refractivity contribution is 5.95. The van der Waals surface area contributed by atoms with Crippen molar-refractivity contribution in [1.29, 1.82) is 0 Å². The minimum Gasteiger partial charge on any atom is -0.478 e. The second-order valence-electron chi connectivity index (χ2n) is 5.49. The normalized spacial score (nSPS) is 16.1. The quantitative estimate of drug-likeness (QED) is 0.916. The third-order valence-electron chi connectivity index (χ3n) is 4.28. The zero-order valence-corrected chi connectivity index (χ0v) is 12.5. The van der Waals surface area contributed by atoms with E-state index >= 15 is 0 Å². The summed E-state index contributed by atoms with van der Waals surface area (Å²) in [5.41, 5.74) is 1.72. The van der Waals surface area contributed by atoms with Crippen LogP contribution in [0.2, 0.25) is 0 Å². The summed E-state index contributed by atoms with van der Waals surface area (Å²) in [7, 11) is 0. The van der Waals surface area contributed by atoms with Gasteiger partial charge in [0.15, 0.2) is 5.82 Å². The fraction of sp³-hybridized carbons (Fsp3) is 0.667. The Morgan fingerprint density at radius 3 is 2.45 bits per heavy atom. The fourth-order valence-electron chi connectivity index (χ4n) is 3.03. The summed E-state index contributed by atoms with van der Waals surface area (Å²) in [5, 5.41) is 17.9. The van der Waals surface area contributed by atoms with Crippen LogP contribution < -0.4 is 4.90 Å². The van der Waals surface area contributed by atoms with Gasteiger partial charge < -0.3 is 10.0 Å². The van der Waals surface area contributed by atoms with Crippen molar-refractivity contribution in [3.05, 3.63) is 16.8 Å². The van der Waals surface area contributed by atoms with E-state index in [0.717, 1.165) is 24.9 Å². The molecule has 0 spiro atoms. The van der Waals surface area contributed by atoms with E-state index in [9.17, 15) is 9.90 Å². The van der Waals surface area contributed by atoms with Crippen LogP contribution in [0, 0.1) is 13.8 Å². The monoisotopic (exact) mass is 277 g/mol. The number of aryl methyl sites for hydroxylation is 1.